The Morgan fingerprint density at radius 3 is 2.41 bits per heavy atom. The summed E-state index contributed by atoms with van der Waals surface area (Å²) >= 11 is 0. The van der Waals surface area contributed by atoms with Gasteiger partial charge in [-0.25, -0.2) is 9.78 Å². The SMILES string of the molecule is O=C(Cn1c(=O)n(Cc2ccncc2)c(=O)c2ncccc21)Nc1ccccc1. The molecule has 0 spiro atoms. The van der Waals surface area contributed by atoms with Gasteiger partial charge in [0.05, 0.1) is 12.1 Å². The van der Waals surface area contributed by atoms with Gasteiger partial charge in [-0.3, -0.25) is 23.7 Å². The molecule has 0 saturated carbocycles. The second kappa shape index (κ2) is 7.89. The maximum atomic E-state index is 13.1. The molecule has 0 aliphatic carbocycles. The standard InChI is InChI=1S/C21H17N5O3/c27-18(24-16-5-2-1-3-6-16)14-25-17-7-4-10-23-19(17)20(28)26(21(25)29)13-15-8-11-22-12-9-15/h1-12H,13-14H2,(H,24,27). The molecule has 3 aromatic heterocycles. The van der Waals surface area contributed by atoms with Gasteiger partial charge in [0, 0.05) is 24.3 Å². The zero-order chi connectivity index (χ0) is 20.2. The Labute approximate surface area is 165 Å². The minimum absolute atomic E-state index is 0.0625. The van der Waals surface area contributed by atoms with E-state index in [1.165, 1.54) is 10.8 Å². The molecule has 0 atom stereocenters. The van der Waals surface area contributed by atoms with Crippen LogP contribution in [0, 0.1) is 0 Å². The van der Waals surface area contributed by atoms with E-state index in [9.17, 15) is 14.4 Å². The zero-order valence-electron chi connectivity index (χ0n) is 15.4. The lowest BCUT2D eigenvalue weighted by molar-refractivity contribution is -0.116. The summed E-state index contributed by atoms with van der Waals surface area (Å²) in [5.74, 6) is -0.377. The van der Waals surface area contributed by atoms with Crippen LogP contribution in [0.4, 0.5) is 5.69 Å². The Bertz CT molecular complexity index is 1280. The van der Waals surface area contributed by atoms with E-state index >= 15 is 0 Å². The van der Waals surface area contributed by atoms with Crippen LogP contribution in [0.2, 0.25) is 0 Å². The van der Waals surface area contributed by atoms with Crippen molar-refractivity contribution in [3.05, 3.63) is 99.6 Å². The summed E-state index contributed by atoms with van der Waals surface area (Å²) < 4.78 is 2.35. The van der Waals surface area contributed by atoms with Crippen LogP contribution < -0.4 is 16.6 Å². The number of carbonyl (C=O) groups excluding carboxylic acids is 1. The largest absolute Gasteiger partial charge is 0.332 e. The molecule has 0 aliphatic rings. The number of nitrogens with zero attached hydrogens (tertiary/aromatic N) is 4. The molecule has 1 N–H and O–H groups in total. The molecule has 0 fully saturated rings. The number of para-hydroxylation sites is 1. The molecule has 0 aliphatic heterocycles. The van der Waals surface area contributed by atoms with Crippen molar-refractivity contribution < 1.29 is 4.79 Å². The average molecular weight is 387 g/mol. The van der Waals surface area contributed by atoms with Crippen molar-refractivity contribution in [2.75, 3.05) is 5.32 Å². The first-order valence-corrected chi connectivity index (χ1v) is 8.95. The van der Waals surface area contributed by atoms with E-state index in [0.29, 0.717) is 11.2 Å². The lowest BCUT2D eigenvalue weighted by Crippen LogP contribution is -2.42. The summed E-state index contributed by atoms with van der Waals surface area (Å²) in [5.41, 5.74) is 0.746. The van der Waals surface area contributed by atoms with Crippen molar-refractivity contribution in [3.8, 4) is 0 Å². The van der Waals surface area contributed by atoms with Gasteiger partial charge in [0.15, 0.2) is 5.52 Å². The predicted octanol–water partition coefficient (Wildman–Crippen LogP) is 1.64. The van der Waals surface area contributed by atoms with Crippen LogP contribution in [-0.4, -0.2) is 25.0 Å². The normalized spacial score (nSPS) is 10.8. The number of aromatic nitrogens is 4. The van der Waals surface area contributed by atoms with E-state index in [0.717, 1.165) is 10.1 Å². The molecule has 1 aromatic carbocycles. The number of hydrogen-bond donors (Lipinski definition) is 1. The molecular weight excluding hydrogens is 370 g/mol. The summed E-state index contributed by atoms with van der Waals surface area (Å²) in [6, 6.07) is 15.6. The highest BCUT2D eigenvalue weighted by molar-refractivity contribution is 5.91. The van der Waals surface area contributed by atoms with Crippen molar-refractivity contribution in [3.63, 3.8) is 0 Å². The molecule has 3 heterocycles. The third kappa shape index (κ3) is 3.81. The molecule has 0 bridgehead atoms. The molecule has 0 radical (unpaired) electrons. The Kier molecular flexibility index (Phi) is 4.98. The number of nitrogens with one attached hydrogen (secondary N) is 1. The zero-order valence-corrected chi connectivity index (χ0v) is 15.4. The molecule has 0 unspecified atom stereocenters. The predicted molar refractivity (Wildman–Crippen MR) is 109 cm³/mol. The Morgan fingerprint density at radius 2 is 1.66 bits per heavy atom. The van der Waals surface area contributed by atoms with Crippen molar-refractivity contribution in [1.82, 2.24) is 19.1 Å². The Hall–Kier alpha value is -4.07. The van der Waals surface area contributed by atoms with Crippen molar-refractivity contribution in [2.24, 2.45) is 0 Å². The molecule has 0 saturated heterocycles. The molecule has 1 amide bonds. The number of benzene rings is 1. The van der Waals surface area contributed by atoms with Gasteiger partial charge < -0.3 is 5.32 Å². The van der Waals surface area contributed by atoms with Crippen LogP contribution in [0.3, 0.4) is 0 Å². The van der Waals surface area contributed by atoms with E-state index in [4.69, 9.17) is 0 Å². The maximum absolute atomic E-state index is 13.1. The van der Waals surface area contributed by atoms with Gasteiger partial charge in [-0.05, 0) is 42.0 Å². The monoisotopic (exact) mass is 387 g/mol. The summed E-state index contributed by atoms with van der Waals surface area (Å²) in [5, 5.41) is 2.75. The average Bonchev–Trinajstić information content (AvgIpc) is 2.75. The number of anilines is 1. The second-order valence-electron chi connectivity index (χ2n) is 6.40. The lowest BCUT2D eigenvalue weighted by atomic mass is 10.2. The van der Waals surface area contributed by atoms with Crippen LogP contribution in [-0.2, 0) is 17.9 Å². The van der Waals surface area contributed by atoms with Gasteiger partial charge in [-0.2, -0.15) is 0 Å². The fourth-order valence-corrected chi connectivity index (χ4v) is 3.07. The van der Waals surface area contributed by atoms with Crippen LogP contribution in [0.1, 0.15) is 5.56 Å². The maximum Gasteiger partial charge on any atom is 0.332 e. The van der Waals surface area contributed by atoms with Gasteiger partial charge in [-0.1, -0.05) is 18.2 Å². The van der Waals surface area contributed by atoms with Crippen LogP contribution in [0.25, 0.3) is 11.0 Å². The molecular formula is C21H17N5O3. The number of pyridine rings is 2. The van der Waals surface area contributed by atoms with E-state index in [1.54, 1.807) is 60.9 Å². The van der Waals surface area contributed by atoms with Gasteiger partial charge in [-0.15, -0.1) is 0 Å². The second-order valence-corrected chi connectivity index (χ2v) is 6.40. The minimum Gasteiger partial charge on any atom is -0.325 e. The van der Waals surface area contributed by atoms with Crippen LogP contribution in [0.15, 0.2) is 82.8 Å². The van der Waals surface area contributed by atoms with Crippen molar-refractivity contribution in [1.29, 1.82) is 0 Å². The quantitative estimate of drug-likeness (QED) is 0.561. The summed E-state index contributed by atoms with van der Waals surface area (Å²) in [4.78, 5) is 46.6. The highest BCUT2D eigenvalue weighted by atomic mass is 16.2. The fourth-order valence-electron chi connectivity index (χ4n) is 3.07. The summed E-state index contributed by atoms with van der Waals surface area (Å²) in [6.07, 6.45) is 4.66. The first kappa shape index (κ1) is 18.3. The lowest BCUT2D eigenvalue weighted by Gasteiger charge is -2.13. The molecule has 4 aromatic rings. The molecule has 144 valence electrons. The highest BCUT2D eigenvalue weighted by Gasteiger charge is 2.16. The molecule has 29 heavy (non-hydrogen) atoms. The topological polar surface area (TPSA) is 98.9 Å². The molecule has 8 nitrogen and oxygen atoms in total. The first-order valence-electron chi connectivity index (χ1n) is 8.95. The Balaban J connectivity index is 1.77. The third-order valence-corrected chi connectivity index (χ3v) is 4.44. The first-order chi connectivity index (χ1) is 14.1. The smallest absolute Gasteiger partial charge is 0.325 e. The van der Waals surface area contributed by atoms with Crippen molar-refractivity contribution >= 4 is 22.6 Å². The number of rotatable bonds is 5. The highest BCUT2D eigenvalue weighted by Crippen LogP contribution is 2.08. The van der Waals surface area contributed by atoms with Crippen molar-refractivity contribution in [2.45, 2.75) is 13.1 Å². The van der Waals surface area contributed by atoms with Gasteiger partial charge >= 0.3 is 5.69 Å². The van der Waals surface area contributed by atoms with Gasteiger partial charge in [0.2, 0.25) is 5.91 Å². The third-order valence-electron chi connectivity index (χ3n) is 4.44. The van der Waals surface area contributed by atoms with E-state index in [2.05, 4.69) is 15.3 Å². The van der Waals surface area contributed by atoms with Gasteiger partial charge in [0.25, 0.3) is 5.56 Å². The molecule has 4 rings (SSSR count). The van der Waals surface area contributed by atoms with E-state index < -0.39 is 11.2 Å². The molecule has 8 heteroatoms. The summed E-state index contributed by atoms with van der Waals surface area (Å²) in [7, 11) is 0. The summed E-state index contributed by atoms with van der Waals surface area (Å²) in [6.45, 7) is -0.181. The van der Waals surface area contributed by atoms with E-state index in [-0.39, 0.29) is 24.5 Å². The number of fused-ring (bicyclic) bond motifs is 1. The fraction of sp³-hybridized carbons (Fsp3) is 0.0952. The van der Waals surface area contributed by atoms with Crippen LogP contribution in [0.5, 0.6) is 0 Å². The number of amides is 1. The Morgan fingerprint density at radius 1 is 0.897 bits per heavy atom. The number of carbonyl (C=O) groups is 1. The van der Waals surface area contributed by atoms with E-state index in [1.807, 2.05) is 6.07 Å². The minimum atomic E-state index is -0.574. The van der Waals surface area contributed by atoms with Crippen LogP contribution >= 0.6 is 0 Å². The number of hydrogen-bond acceptors (Lipinski definition) is 5. The van der Waals surface area contributed by atoms with Gasteiger partial charge in [0.1, 0.15) is 6.54 Å².